The van der Waals surface area contributed by atoms with Gasteiger partial charge in [-0.25, -0.2) is 4.68 Å². The van der Waals surface area contributed by atoms with E-state index in [9.17, 15) is 18.0 Å². The number of anilines is 2. The number of rotatable bonds is 3. The SMILES string of the molecule is COc1cccc([C@@H]2C[C@H](C(F)(F)F)n3nc(C(=O)N4CCCc5ccccc54)cc3N2)c1. The van der Waals surface area contributed by atoms with Crippen molar-refractivity contribution < 1.29 is 22.7 Å². The van der Waals surface area contributed by atoms with Gasteiger partial charge in [-0.3, -0.25) is 4.79 Å². The van der Waals surface area contributed by atoms with Crippen LogP contribution >= 0.6 is 0 Å². The average molecular weight is 456 g/mol. The maximum Gasteiger partial charge on any atom is 0.410 e. The summed E-state index contributed by atoms with van der Waals surface area (Å²) in [7, 11) is 1.51. The molecule has 3 heterocycles. The number of aryl methyl sites for hydroxylation is 1. The van der Waals surface area contributed by atoms with E-state index in [0.717, 1.165) is 28.8 Å². The van der Waals surface area contributed by atoms with Crippen molar-refractivity contribution in [3.63, 3.8) is 0 Å². The molecule has 1 N–H and O–H groups in total. The number of para-hydroxylation sites is 1. The fourth-order valence-electron chi connectivity index (χ4n) is 4.64. The van der Waals surface area contributed by atoms with E-state index in [-0.39, 0.29) is 17.9 Å². The van der Waals surface area contributed by atoms with Crippen LogP contribution in [0, 0.1) is 0 Å². The highest BCUT2D eigenvalue weighted by molar-refractivity contribution is 6.06. The Kier molecular flexibility index (Phi) is 5.26. The summed E-state index contributed by atoms with van der Waals surface area (Å²) in [5.74, 6) is 0.339. The Morgan fingerprint density at radius 1 is 1.15 bits per heavy atom. The van der Waals surface area contributed by atoms with Crippen LogP contribution in [0.4, 0.5) is 24.7 Å². The number of nitrogens with zero attached hydrogens (tertiary/aromatic N) is 3. The van der Waals surface area contributed by atoms with E-state index in [0.29, 0.717) is 17.9 Å². The van der Waals surface area contributed by atoms with Gasteiger partial charge in [0, 0.05) is 24.7 Å². The molecule has 2 atom stereocenters. The molecule has 0 spiro atoms. The molecule has 0 aliphatic carbocycles. The molecular weight excluding hydrogens is 433 g/mol. The Morgan fingerprint density at radius 2 is 1.97 bits per heavy atom. The largest absolute Gasteiger partial charge is 0.497 e. The molecule has 6 nitrogen and oxygen atoms in total. The maximum atomic E-state index is 14.0. The lowest BCUT2D eigenvalue weighted by Crippen LogP contribution is -2.37. The summed E-state index contributed by atoms with van der Waals surface area (Å²) < 4.78 is 48.1. The molecule has 0 saturated heterocycles. The quantitative estimate of drug-likeness (QED) is 0.593. The molecule has 0 radical (unpaired) electrons. The van der Waals surface area contributed by atoms with Gasteiger partial charge >= 0.3 is 6.18 Å². The molecule has 0 saturated carbocycles. The average Bonchev–Trinajstić information content (AvgIpc) is 3.26. The normalized spacial score (nSPS) is 19.9. The van der Waals surface area contributed by atoms with Crippen molar-refractivity contribution in [2.24, 2.45) is 0 Å². The molecule has 2 aromatic carbocycles. The van der Waals surface area contributed by atoms with Crippen LogP contribution in [-0.2, 0) is 6.42 Å². The third-order valence-electron chi connectivity index (χ3n) is 6.26. The minimum absolute atomic E-state index is 0.00487. The summed E-state index contributed by atoms with van der Waals surface area (Å²) in [6, 6.07) is 13.5. The van der Waals surface area contributed by atoms with Crippen molar-refractivity contribution in [2.75, 3.05) is 23.9 Å². The highest BCUT2D eigenvalue weighted by atomic mass is 19.4. The first-order chi connectivity index (χ1) is 15.8. The Hall–Kier alpha value is -3.49. The molecule has 1 amide bonds. The van der Waals surface area contributed by atoms with Gasteiger partial charge in [-0.05, 0) is 42.2 Å². The van der Waals surface area contributed by atoms with E-state index in [2.05, 4.69) is 10.4 Å². The summed E-state index contributed by atoms with van der Waals surface area (Å²) >= 11 is 0. The van der Waals surface area contributed by atoms with Crippen LogP contribution in [0.5, 0.6) is 5.75 Å². The van der Waals surface area contributed by atoms with Gasteiger partial charge in [0.1, 0.15) is 11.6 Å². The second-order valence-electron chi connectivity index (χ2n) is 8.32. The van der Waals surface area contributed by atoms with Crippen molar-refractivity contribution in [3.05, 3.63) is 71.4 Å². The van der Waals surface area contributed by atoms with E-state index in [1.807, 2.05) is 24.3 Å². The highest BCUT2D eigenvalue weighted by Gasteiger charge is 2.47. The van der Waals surface area contributed by atoms with Gasteiger partial charge in [0.2, 0.25) is 0 Å². The zero-order valence-corrected chi connectivity index (χ0v) is 18.0. The van der Waals surface area contributed by atoms with Crippen LogP contribution in [0.1, 0.15) is 46.5 Å². The van der Waals surface area contributed by atoms with Crippen LogP contribution in [0.15, 0.2) is 54.6 Å². The molecular formula is C24H23F3N4O2. The van der Waals surface area contributed by atoms with Gasteiger partial charge in [0.15, 0.2) is 11.7 Å². The number of carbonyl (C=O) groups excluding carboxylic acids is 1. The number of hydrogen-bond donors (Lipinski definition) is 1. The Labute approximate surface area is 189 Å². The monoisotopic (exact) mass is 456 g/mol. The molecule has 172 valence electrons. The molecule has 0 bridgehead atoms. The van der Waals surface area contributed by atoms with Crippen molar-refractivity contribution in [3.8, 4) is 5.75 Å². The topological polar surface area (TPSA) is 59.4 Å². The maximum absolute atomic E-state index is 14.0. The summed E-state index contributed by atoms with van der Waals surface area (Å²) in [6.07, 6.45) is -3.11. The number of amides is 1. The Bertz CT molecular complexity index is 1190. The molecule has 9 heteroatoms. The molecule has 5 rings (SSSR count). The minimum atomic E-state index is -4.52. The zero-order chi connectivity index (χ0) is 23.2. The van der Waals surface area contributed by atoms with Crippen LogP contribution < -0.4 is 15.0 Å². The van der Waals surface area contributed by atoms with Crippen molar-refractivity contribution in [1.82, 2.24) is 9.78 Å². The predicted octanol–water partition coefficient (Wildman–Crippen LogP) is 5.15. The van der Waals surface area contributed by atoms with E-state index < -0.39 is 24.2 Å². The molecule has 3 aromatic rings. The predicted molar refractivity (Wildman–Crippen MR) is 118 cm³/mol. The van der Waals surface area contributed by atoms with Crippen LogP contribution in [0.3, 0.4) is 0 Å². The minimum Gasteiger partial charge on any atom is -0.497 e. The Balaban J connectivity index is 1.50. The number of nitrogens with one attached hydrogen (secondary N) is 1. The smallest absolute Gasteiger partial charge is 0.410 e. The fraction of sp³-hybridized carbons (Fsp3) is 0.333. The summed E-state index contributed by atoms with van der Waals surface area (Å²) in [5.41, 5.74) is 2.50. The molecule has 2 aliphatic heterocycles. The van der Waals surface area contributed by atoms with Crippen molar-refractivity contribution in [2.45, 2.75) is 37.5 Å². The van der Waals surface area contributed by atoms with E-state index in [1.54, 1.807) is 29.2 Å². The number of hydrogen-bond acceptors (Lipinski definition) is 4. The molecule has 33 heavy (non-hydrogen) atoms. The van der Waals surface area contributed by atoms with Gasteiger partial charge in [-0.1, -0.05) is 30.3 Å². The standard InChI is InChI=1S/C24H23F3N4O2/c1-33-17-9-4-7-16(12-17)18-13-21(24(25,26)27)31-22(28-18)14-19(29-31)23(32)30-11-5-8-15-6-2-3-10-20(15)30/h2-4,6-7,9-10,12,14,18,21,28H,5,8,11,13H2,1H3/t18-,21+/m0/s1. The van der Waals surface area contributed by atoms with Crippen LogP contribution in [-0.4, -0.2) is 35.5 Å². The zero-order valence-electron chi connectivity index (χ0n) is 18.0. The van der Waals surface area contributed by atoms with Gasteiger partial charge in [-0.2, -0.15) is 18.3 Å². The second kappa shape index (κ2) is 8.13. The number of alkyl halides is 3. The lowest BCUT2D eigenvalue weighted by Gasteiger charge is -2.33. The lowest BCUT2D eigenvalue weighted by molar-refractivity contribution is -0.173. The molecule has 0 fully saturated rings. The van der Waals surface area contributed by atoms with E-state index in [1.165, 1.54) is 13.2 Å². The highest BCUT2D eigenvalue weighted by Crippen LogP contribution is 2.44. The van der Waals surface area contributed by atoms with Crippen molar-refractivity contribution in [1.29, 1.82) is 0 Å². The number of fused-ring (bicyclic) bond motifs is 2. The first-order valence-electron chi connectivity index (χ1n) is 10.8. The third-order valence-corrected chi connectivity index (χ3v) is 6.26. The van der Waals surface area contributed by atoms with Gasteiger partial charge in [0.05, 0.1) is 13.2 Å². The first-order valence-corrected chi connectivity index (χ1v) is 10.8. The van der Waals surface area contributed by atoms with Gasteiger partial charge in [-0.15, -0.1) is 0 Å². The first kappa shape index (κ1) is 21.4. The number of benzene rings is 2. The Morgan fingerprint density at radius 3 is 2.76 bits per heavy atom. The van der Waals surface area contributed by atoms with E-state index >= 15 is 0 Å². The second-order valence-corrected chi connectivity index (χ2v) is 8.32. The molecule has 0 unspecified atom stereocenters. The third kappa shape index (κ3) is 3.92. The van der Waals surface area contributed by atoms with E-state index in [4.69, 9.17) is 4.74 Å². The van der Waals surface area contributed by atoms with Crippen LogP contribution in [0.2, 0.25) is 0 Å². The summed E-state index contributed by atoms with van der Waals surface area (Å²) in [6.45, 7) is 0.501. The lowest BCUT2D eigenvalue weighted by atomic mass is 9.97. The molecule has 1 aromatic heterocycles. The molecule has 2 aliphatic rings. The summed E-state index contributed by atoms with van der Waals surface area (Å²) in [5, 5.41) is 7.26. The van der Waals surface area contributed by atoms with Crippen LogP contribution in [0.25, 0.3) is 0 Å². The number of methoxy groups -OCH3 is 1. The number of halogens is 3. The summed E-state index contributed by atoms with van der Waals surface area (Å²) in [4.78, 5) is 14.9. The number of ether oxygens (including phenoxy) is 1. The fourth-order valence-corrected chi connectivity index (χ4v) is 4.64. The number of carbonyl (C=O) groups is 1. The van der Waals surface area contributed by atoms with Gasteiger partial charge < -0.3 is 15.0 Å². The number of aromatic nitrogens is 2. The van der Waals surface area contributed by atoms with Crippen molar-refractivity contribution >= 4 is 17.4 Å². The van der Waals surface area contributed by atoms with Gasteiger partial charge in [0.25, 0.3) is 5.91 Å².